The molecule has 0 aliphatic rings. The SMILES string of the molecule is CCc1ccc(OC(C)c2nnc(SCC(=O)c3ccc(Br)cc3)n2C)cc1. The first kappa shape index (κ1) is 20.6. The Bertz CT molecular complexity index is 939. The predicted octanol–water partition coefficient (Wildman–Crippen LogP) is 5.26. The van der Waals surface area contributed by atoms with E-state index in [2.05, 4.69) is 45.2 Å². The maximum absolute atomic E-state index is 12.4. The van der Waals surface area contributed by atoms with Crippen molar-refractivity contribution in [2.75, 3.05) is 5.75 Å². The zero-order chi connectivity index (χ0) is 20.1. The molecule has 3 rings (SSSR count). The Balaban J connectivity index is 1.62. The summed E-state index contributed by atoms with van der Waals surface area (Å²) in [4.78, 5) is 12.4. The topological polar surface area (TPSA) is 57.0 Å². The van der Waals surface area contributed by atoms with Gasteiger partial charge in [0.1, 0.15) is 5.75 Å². The third kappa shape index (κ3) is 5.02. The van der Waals surface area contributed by atoms with Crippen LogP contribution in [0.5, 0.6) is 5.75 Å². The quantitative estimate of drug-likeness (QED) is 0.339. The van der Waals surface area contributed by atoms with Crippen molar-refractivity contribution < 1.29 is 9.53 Å². The largest absolute Gasteiger partial charge is 0.483 e. The molecule has 28 heavy (non-hydrogen) atoms. The van der Waals surface area contributed by atoms with Gasteiger partial charge in [-0.2, -0.15) is 0 Å². The summed E-state index contributed by atoms with van der Waals surface area (Å²) < 4.78 is 8.83. The van der Waals surface area contributed by atoms with E-state index in [0.717, 1.165) is 22.5 Å². The van der Waals surface area contributed by atoms with Crippen molar-refractivity contribution in [1.29, 1.82) is 0 Å². The fourth-order valence-corrected chi connectivity index (χ4v) is 3.79. The smallest absolute Gasteiger partial charge is 0.191 e. The van der Waals surface area contributed by atoms with Crippen LogP contribution in [0.3, 0.4) is 0 Å². The average molecular weight is 460 g/mol. The third-order valence-electron chi connectivity index (χ3n) is 4.38. The number of ether oxygens (including phenoxy) is 1. The number of carbonyl (C=O) groups excluding carboxylic acids is 1. The van der Waals surface area contributed by atoms with Gasteiger partial charge < -0.3 is 9.30 Å². The van der Waals surface area contributed by atoms with E-state index < -0.39 is 0 Å². The molecular formula is C21H22BrN3O2S. The number of hydrogen-bond acceptors (Lipinski definition) is 5. The Morgan fingerprint density at radius 2 is 1.82 bits per heavy atom. The number of Topliss-reactive ketones (excluding diaryl/α,β-unsaturated/α-hetero) is 1. The Morgan fingerprint density at radius 3 is 2.46 bits per heavy atom. The van der Waals surface area contributed by atoms with Crippen LogP contribution >= 0.6 is 27.7 Å². The second-order valence-electron chi connectivity index (χ2n) is 6.38. The number of hydrogen-bond donors (Lipinski definition) is 0. The van der Waals surface area contributed by atoms with Gasteiger partial charge in [0, 0.05) is 17.1 Å². The van der Waals surface area contributed by atoms with E-state index in [9.17, 15) is 4.79 Å². The highest BCUT2D eigenvalue weighted by Gasteiger charge is 2.18. The molecule has 7 heteroatoms. The van der Waals surface area contributed by atoms with Crippen LogP contribution in [0.4, 0.5) is 0 Å². The maximum atomic E-state index is 12.4. The highest BCUT2D eigenvalue weighted by atomic mass is 79.9. The summed E-state index contributed by atoms with van der Waals surface area (Å²) in [5.74, 6) is 1.88. The number of carbonyl (C=O) groups is 1. The summed E-state index contributed by atoms with van der Waals surface area (Å²) in [6.07, 6.45) is 0.750. The van der Waals surface area contributed by atoms with Crippen LogP contribution in [-0.2, 0) is 13.5 Å². The predicted molar refractivity (Wildman–Crippen MR) is 115 cm³/mol. The Hall–Kier alpha value is -2.12. The van der Waals surface area contributed by atoms with Gasteiger partial charge in [-0.15, -0.1) is 10.2 Å². The summed E-state index contributed by atoms with van der Waals surface area (Å²) in [7, 11) is 1.89. The van der Waals surface area contributed by atoms with E-state index in [4.69, 9.17) is 4.74 Å². The molecule has 0 saturated carbocycles. The fraction of sp³-hybridized carbons (Fsp3) is 0.286. The minimum atomic E-state index is -0.249. The molecule has 0 fully saturated rings. The normalized spacial score (nSPS) is 12.0. The molecule has 1 atom stereocenters. The molecule has 1 aromatic heterocycles. The van der Waals surface area contributed by atoms with Crippen LogP contribution in [-0.4, -0.2) is 26.3 Å². The zero-order valence-corrected chi connectivity index (χ0v) is 18.5. The maximum Gasteiger partial charge on any atom is 0.191 e. The van der Waals surface area contributed by atoms with Crippen LogP contribution in [0.2, 0.25) is 0 Å². The minimum absolute atomic E-state index is 0.0577. The van der Waals surface area contributed by atoms with Crippen LogP contribution in [0, 0.1) is 0 Å². The van der Waals surface area contributed by atoms with Gasteiger partial charge in [-0.05, 0) is 43.2 Å². The molecule has 1 unspecified atom stereocenters. The van der Waals surface area contributed by atoms with E-state index >= 15 is 0 Å². The zero-order valence-electron chi connectivity index (χ0n) is 16.1. The Kier molecular flexibility index (Phi) is 6.91. The number of benzene rings is 2. The van der Waals surface area contributed by atoms with Gasteiger partial charge in [0.05, 0.1) is 5.75 Å². The number of nitrogens with zero attached hydrogens (tertiary/aromatic N) is 3. The van der Waals surface area contributed by atoms with Gasteiger partial charge in [0.25, 0.3) is 0 Å². The molecule has 0 aliphatic heterocycles. The van der Waals surface area contributed by atoms with Crippen molar-refractivity contribution in [3.63, 3.8) is 0 Å². The molecule has 1 heterocycles. The van der Waals surface area contributed by atoms with Crippen LogP contribution in [0.25, 0.3) is 0 Å². The van der Waals surface area contributed by atoms with Crippen LogP contribution in [0.15, 0.2) is 58.2 Å². The lowest BCUT2D eigenvalue weighted by Crippen LogP contribution is -2.10. The number of ketones is 1. The minimum Gasteiger partial charge on any atom is -0.483 e. The van der Waals surface area contributed by atoms with Gasteiger partial charge in [-0.3, -0.25) is 4.79 Å². The first-order valence-corrected chi connectivity index (χ1v) is 10.8. The third-order valence-corrected chi connectivity index (χ3v) is 5.92. The van der Waals surface area contributed by atoms with Gasteiger partial charge >= 0.3 is 0 Å². The van der Waals surface area contributed by atoms with Crippen molar-refractivity contribution in [2.45, 2.75) is 31.5 Å². The van der Waals surface area contributed by atoms with Crippen LogP contribution in [0.1, 0.15) is 41.7 Å². The lowest BCUT2D eigenvalue weighted by molar-refractivity contribution is 0.102. The van der Waals surface area contributed by atoms with E-state index in [1.165, 1.54) is 17.3 Å². The Labute approximate surface area is 177 Å². The van der Waals surface area contributed by atoms with E-state index in [1.54, 1.807) is 0 Å². The summed E-state index contributed by atoms with van der Waals surface area (Å²) in [5, 5.41) is 9.17. The van der Waals surface area contributed by atoms with Crippen molar-refractivity contribution in [1.82, 2.24) is 14.8 Å². The number of halogens is 1. The Morgan fingerprint density at radius 1 is 1.14 bits per heavy atom. The first-order valence-electron chi connectivity index (χ1n) is 9.04. The van der Waals surface area contributed by atoms with Crippen molar-refractivity contribution >= 4 is 33.5 Å². The average Bonchev–Trinajstić information content (AvgIpc) is 3.08. The van der Waals surface area contributed by atoms with Crippen molar-refractivity contribution in [2.24, 2.45) is 7.05 Å². The van der Waals surface area contributed by atoms with E-state index in [0.29, 0.717) is 16.5 Å². The van der Waals surface area contributed by atoms with Gasteiger partial charge in [-0.1, -0.05) is 58.9 Å². The second kappa shape index (κ2) is 9.39. The number of thioether (sulfide) groups is 1. The summed E-state index contributed by atoms with van der Waals surface area (Å²) >= 11 is 4.75. The molecule has 5 nitrogen and oxygen atoms in total. The molecule has 0 radical (unpaired) electrons. The first-order chi connectivity index (χ1) is 13.5. The van der Waals surface area contributed by atoms with E-state index in [1.807, 2.05) is 54.9 Å². The molecule has 0 saturated heterocycles. The lowest BCUT2D eigenvalue weighted by atomic mass is 10.2. The van der Waals surface area contributed by atoms with Crippen molar-refractivity contribution in [3.8, 4) is 5.75 Å². The fourth-order valence-electron chi connectivity index (χ4n) is 2.72. The summed E-state index contributed by atoms with van der Waals surface area (Å²) in [5.41, 5.74) is 1.96. The molecule has 0 aliphatic carbocycles. The van der Waals surface area contributed by atoms with Crippen LogP contribution < -0.4 is 4.74 Å². The second-order valence-corrected chi connectivity index (χ2v) is 8.23. The van der Waals surface area contributed by atoms with Crippen molar-refractivity contribution in [3.05, 3.63) is 70.0 Å². The monoisotopic (exact) mass is 459 g/mol. The highest BCUT2D eigenvalue weighted by molar-refractivity contribution is 9.10. The molecule has 0 bridgehead atoms. The summed E-state index contributed by atoms with van der Waals surface area (Å²) in [6.45, 7) is 4.07. The number of rotatable bonds is 8. The molecular weight excluding hydrogens is 438 g/mol. The standard InChI is InChI=1S/C21H22BrN3O2S/c1-4-15-5-11-18(12-6-15)27-14(2)20-23-24-21(25(20)3)28-13-19(26)16-7-9-17(22)10-8-16/h5-12,14H,4,13H2,1-3H3. The number of aromatic nitrogens is 3. The highest BCUT2D eigenvalue weighted by Crippen LogP contribution is 2.24. The van der Waals surface area contributed by atoms with Gasteiger partial charge in [0.15, 0.2) is 22.9 Å². The van der Waals surface area contributed by atoms with E-state index in [-0.39, 0.29) is 11.9 Å². The molecule has 0 spiro atoms. The molecule has 0 amide bonds. The van der Waals surface area contributed by atoms with Gasteiger partial charge in [-0.25, -0.2) is 0 Å². The number of aryl methyl sites for hydroxylation is 1. The summed E-state index contributed by atoms with van der Waals surface area (Å²) in [6, 6.07) is 15.4. The lowest BCUT2D eigenvalue weighted by Gasteiger charge is -2.14. The molecule has 146 valence electrons. The molecule has 0 N–H and O–H groups in total. The molecule has 3 aromatic rings. The molecule has 2 aromatic carbocycles. The van der Waals surface area contributed by atoms with Gasteiger partial charge in [0.2, 0.25) is 0 Å².